The number of nitrogens with one attached hydrogen (secondary N) is 3. The number of benzene rings is 2. The van der Waals surface area contributed by atoms with Gasteiger partial charge in [-0.2, -0.15) is 5.26 Å². The third kappa shape index (κ3) is 6.27. The predicted molar refractivity (Wildman–Crippen MR) is 156 cm³/mol. The number of nitriles is 1. The number of nitrogens with zero attached hydrogens (tertiary/aromatic N) is 1. The van der Waals surface area contributed by atoms with Gasteiger partial charge in [0.05, 0.1) is 40.2 Å². The van der Waals surface area contributed by atoms with Crippen LogP contribution in [0.1, 0.15) is 47.8 Å². The maximum Gasteiger partial charge on any atom is 0.254 e. The molecule has 3 N–H and O–H groups in total. The summed E-state index contributed by atoms with van der Waals surface area (Å²) in [6, 6.07) is 17.5. The van der Waals surface area contributed by atoms with Gasteiger partial charge in [-0.1, -0.05) is 48.5 Å². The van der Waals surface area contributed by atoms with Crippen LogP contribution in [0.4, 0.5) is 11.4 Å². The van der Waals surface area contributed by atoms with Gasteiger partial charge in [0.1, 0.15) is 5.76 Å². The molecule has 0 spiro atoms. The lowest BCUT2D eigenvalue weighted by Crippen LogP contribution is -2.31. The summed E-state index contributed by atoms with van der Waals surface area (Å²) in [5.74, 6) is -0.660. The van der Waals surface area contributed by atoms with Crippen LogP contribution in [0.2, 0.25) is 0 Å². The van der Waals surface area contributed by atoms with E-state index in [0.717, 1.165) is 28.8 Å². The Labute approximate surface area is 233 Å². The van der Waals surface area contributed by atoms with E-state index in [-0.39, 0.29) is 17.6 Å². The zero-order valence-corrected chi connectivity index (χ0v) is 23.6. The molecule has 1 aliphatic rings. The number of rotatable bonds is 8. The SMILES string of the molecule is CCc1ccc(NC(=O)C2=C(C)NC(SCC(=O)Nc3c(C)cc(C)cc3C)=C(C#N)[C@@H]2c2ccco2)cc1. The third-order valence-corrected chi connectivity index (χ3v) is 7.65. The highest BCUT2D eigenvalue weighted by atomic mass is 32.2. The smallest absolute Gasteiger partial charge is 0.254 e. The summed E-state index contributed by atoms with van der Waals surface area (Å²) < 4.78 is 5.69. The lowest BCUT2D eigenvalue weighted by atomic mass is 9.85. The van der Waals surface area contributed by atoms with E-state index >= 15 is 0 Å². The zero-order valence-electron chi connectivity index (χ0n) is 22.8. The molecular formula is C31H32N4O3S. The van der Waals surface area contributed by atoms with Crippen molar-refractivity contribution in [3.8, 4) is 6.07 Å². The van der Waals surface area contributed by atoms with Crippen molar-refractivity contribution in [3.63, 3.8) is 0 Å². The van der Waals surface area contributed by atoms with Crippen LogP contribution >= 0.6 is 11.8 Å². The molecule has 1 atom stereocenters. The number of hydrogen-bond acceptors (Lipinski definition) is 6. The molecule has 0 radical (unpaired) electrons. The van der Waals surface area contributed by atoms with Gasteiger partial charge in [-0.3, -0.25) is 9.59 Å². The molecule has 0 bridgehead atoms. The van der Waals surface area contributed by atoms with Gasteiger partial charge in [0.2, 0.25) is 5.91 Å². The minimum Gasteiger partial charge on any atom is -0.468 e. The van der Waals surface area contributed by atoms with E-state index in [9.17, 15) is 14.9 Å². The van der Waals surface area contributed by atoms with Crippen LogP contribution in [0.3, 0.4) is 0 Å². The quantitative estimate of drug-likeness (QED) is 0.302. The monoisotopic (exact) mass is 540 g/mol. The summed E-state index contributed by atoms with van der Waals surface area (Å²) in [6.45, 7) is 9.82. The molecule has 0 saturated heterocycles. The Morgan fingerprint density at radius 2 is 1.74 bits per heavy atom. The Hall–Kier alpha value is -4.22. The number of anilines is 2. The van der Waals surface area contributed by atoms with Crippen LogP contribution in [0.5, 0.6) is 0 Å². The third-order valence-electron chi connectivity index (χ3n) is 6.63. The summed E-state index contributed by atoms with van der Waals surface area (Å²) in [6.07, 6.45) is 2.43. The molecule has 39 heavy (non-hydrogen) atoms. The minimum atomic E-state index is -0.715. The van der Waals surface area contributed by atoms with Crippen molar-refractivity contribution in [2.45, 2.75) is 47.0 Å². The number of carbonyl (C=O) groups is 2. The molecule has 7 nitrogen and oxygen atoms in total. The average Bonchev–Trinajstić information content (AvgIpc) is 3.44. The van der Waals surface area contributed by atoms with Crippen molar-refractivity contribution in [3.05, 3.63) is 105 Å². The highest BCUT2D eigenvalue weighted by Crippen LogP contribution is 2.41. The molecule has 0 unspecified atom stereocenters. The van der Waals surface area contributed by atoms with Crippen LogP contribution in [0.25, 0.3) is 0 Å². The molecule has 2 aromatic carbocycles. The fourth-order valence-electron chi connectivity index (χ4n) is 4.78. The fourth-order valence-corrected chi connectivity index (χ4v) is 5.67. The Morgan fingerprint density at radius 1 is 1.05 bits per heavy atom. The Bertz CT molecular complexity index is 1470. The molecule has 1 aliphatic heterocycles. The first-order valence-electron chi connectivity index (χ1n) is 12.8. The van der Waals surface area contributed by atoms with Crippen LogP contribution in [-0.2, 0) is 16.0 Å². The first-order valence-corrected chi connectivity index (χ1v) is 13.8. The Morgan fingerprint density at radius 3 is 2.33 bits per heavy atom. The van der Waals surface area contributed by atoms with Crippen molar-refractivity contribution in [1.82, 2.24) is 5.32 Å². The first kappa shape index (κ1) is 27.8. The maximum atomic E-state index is 13.5. The van der Waals surface area contributed by atoms with Gasteiger partial charge in [0, 0.05) is 17.1 Å². The van der Waals surface area contributed by atoms with Gasteiger partial charge in [-0.25, -0.2) is 0 Å². The van der Waals surface area contributed by atoms with Crippen molar-refractivity contribution < 1.29 is 14.0 Å². The zero-order chi connectivity index (χ0) is 28.1. The van der Waals surface area contributed by atoms with E-state index in [4.69, 9.17) is 4.42 Å². The van der Waals surface area contributed by atoms with Crippen molar-refractivity contribution in [2.75, 3.05) is 16.4 Å². The summed E-state index contributed by atoms with van der Waals surface area (Å²) >= 11 is 1.23. The van der Waals surface area contributed by atoms with Gasteiger partial charge in [0.15, 0.2) is 0 Å². The van der Waals surface area contributed by atoms with E-state index in [1.54, 1.807) is 19.1 Å². The minimum absolute atomic E-state index is 0.0870. The van der Waals surface area contributed by atoms with E-state index in [1.807, 2.05) is 57.2 Å². The second kappa shape index (κ2) is 12.1. The number of furan rings is 1. The standard InChI is InChI=1S/C31H32N4O3S/c1-6-22-9-11-23(12-10-22)34-30(37)27-21(5)33-31(24(16-32)28(27)25-8-7-13-38-25)39-17-26(36)35-29-19(3)14-18(2)15-20(29)4/h7-15,28,33H,6,17H2,1-5H3,(H,34,37)(H,35,36)/t28-/m1/s1. The summed E-state index contributed by atoms with van der Waals surface area (Å²) in [7, 11) is 0. The molecule has 2 heterocycles. The van der Waals surface area contributed by atoms with Crippen molar-refractivity contribution in [2.24, 2.45) is 0 Å². The van der Waals surface area contributed by atoms with Crippen LogP contribution < -0.4 is 16.0 Å². The highest BCUT2D eigenvalue weighted by molar-refractivity contribution is 8.03. The second-order valence-corrected chi connectivity index (χ2v) is 10.6. The largest absolute Gasteiger partial charge is 0.468 e. The second-order valence-electron chi connectivity index (χ2n) is 9.58. The molecule has 0 aliphatic carbocycles. The molecule has 4 rings (SSSR count). The van der Waals surface area contributed by atoms with E-state index in [0.29, 0.717) is 33.3 Å². The molecule has 3 aromatic rings. The lowest BCUT2D eigenvalue weighted by molar-refractivity contribution is -0.114. The first-order chi connectivity index (χ1) is 18.7. The number of aryl methyl sites for hydroxylation is 4. The van der Waals surface area contributed by atoms with Crippen LogP contribution in [0, 0.1) is 32.1 Å². The fraction of sp³-hybridized carbons (Fsp3) is 0.258. The number of thioether (sulfide) groups is 1. The molecule has 0 fully saturated rings. The molecular weight excluding hydrogens is 508 g/mol. The van der Waals surface area contributed by atoms with Crippen LogP contribution in [-0.4, -0.2) is 17.6 Å². The maximum absolute atomic E-state index is 13.5. The van der Waals surface area contributed by atoms with Crippen LogP contribution in [0.15, 0.2) is 81.1 Å². The van der Waals surface area contributed by atoms with Gasteiger partial charge < -0.3 is 20.4 Å². The molecule has 200 valence electrons. The number of dihydropyridines is 1. The lowest BCUT2D eigenvalue weighted by Gasteiger charge is -2.28. The molecule has 0 saturated carbocycles. The van der Waals surface area contributed by atoms with E-state index in [2.05, 4.69) is 28.9 Å². The normalized spacial score (nSPS) is 15.0. The van der Waals surface area contributed by atoms with Gasteiger partial charge in [-0.05, 0) is 75.1 Å². The van der Waals surface area contributed by atoms with Crippen molar-refractivity contribution in [1.29, 1.82) is 5.26 Å². The molecule has 8 heteroatoms. The number of allylic oxidation sites excluding steroid dienone is 2. The van der Waals surface area contributed by atoms with E-state index in [1.165, 1.54) is 23.6 Å². The number of hydrogen-bond donors (Lipinski definition) is 3. The summed E-state index contributed by atoms with van der Waals surface area (Å²) in [5.41, 5.74) is 7.06. The molecule has 2 amide bonds. The topological polar surface area (TPSA) is 107 Å². The van der Waals surface area contributed by atoms with Gasteiger partial charge in [-0.15, -0.1) is 0 Å². The summed E-state index contributed by atoms with van der Waals surface area (Å²) in [4.78, 5) is 26.4. The number of amides is 2. The van der Waals surface area contributed by atoms with Crippen molar-refractivity contribution >= 4 is 35.0 Å². The average molecular weight is 541 g/mol. The highest BCUT2D eigenvalue weighted by Gasteiger charge is 2.36. The Balaban J connectivity index is 1.57. The van der Waals surface area contributed by atoms with Gasteiger partial charge in [0.25, 0.3) is 5.91 Å². The Kier molecular flexibility index (Phi) is 8.62. The predicted octanol–water partition coefficient (Wildman–Crippen LogP) is 6.47. The summed E-state index contributed by atoms with van der Waals surface area (Å²) in [5, 5.41) is 19.9. The number of carbonyl (C=O) groups excluding carboxylic acids is 2. The molecule has 1 aromatic heterocycles. The van der Waals surface area contributed by atoms with Gasteiger partial charge >= 0.3 is 0 Å². The van der Waals surface area contributed by atoms with E-state index < -0.39 is 5.92 Å².